The summed E-state index contributed by atoms with van der Waals surface area (Å²) in [7, 11) is -2.94. The number of hydrogen-bond donors (Lipinski definition) is 0. The lowest BCUT2D eigenvalue weighted by molar-refractivity contribution is -0.148. The summed E-state index contributed by atoms with van der Waals surface area (Å²) >= 11 is 0. The number of nitrogens with zero attached hydrogens (tertiary/aromatic N) is 1. The third-order valence-electron chi connectivity index (χ3n) is 6.13. The number of ether oxygens (including phenoxy) is 2. The molecule has 1 atom stereocenters. The van der Waals surface area contributed by atoms with Gasteiger partial charge in [0.15, 0.2) is 7.26 Å². The minimum atomic E-state index is -2.94. The minimum absolute atomic E-state index is 0.216. The Labute approximate surface area is 207 Å². The van der Waals surface area contributed by atoms with Gasteiger partial charge in [-0.3, -0.25) is 4.79 Å². The van der Waals surface area contributed by atoms with Crippen LogP contribution in [0.3, 0.4) is 0 Å². The molecule has 1 aliphatic heterocycles. The number of carbonyl (C=O) groups excluding carboxylic acids is 2. The summed E-state index contributed by atoms with van der Waals surface area (Å²) in [4.78, 5) is 32.4. The van der Waals surface area contributed by atoms with Crippen molar-refractivity contribution in [2.75, 3.05) is 6.61 Å². The van der Waals surface area contributed by atoms with Crippen LogP contribution < -0.4 is 15.9 Å². The van der Waals surface area contributed by atoms with Gasteiger partial charge in [-0.05, 0) is 43.3 Å². The van der Waals surface area contributed by atoms with Crippen molar-refractivity contribution in [1.82, 2.24) is 0 Å². The molecule has 5 nitrogen and oxygen atoms in total. The molecule has 0 radical (unpaired) electrons. The molecule has 0 N–H and O–H groups in total. The zero-order valence-electron chi connectivity index (χ0n) is 20.6. The van der Waals surface area contributed by atoms with Gasteiger partial charge < -0.3 is 9.47 Å². The third kappa shape index (κ3) is 4.30. The highest BCUT2D eigenvalue weighted by Gasteiger charge is 2.72. The topological polar surface area (TPSA) is 65.0 Å². The van der Waals surface area contributed by atoms with E-state index < -0.39 is 29.9 Å². The van der Waals surface area contributed by atoms with Gasteiger partial charge in [-0.2, -0.15) is 4.99 Å². The van der Waals surface area contributed by atoms with Crippen LogP contribution in [-0.2, 0) is 19.1 Å². The first-order chi connectivity index (χ1) is 16.8. The molecule has 6 heteroatoms. The maximum absolute atomic E-state index is 14.1. The lowest BCUT2D eigenvalue weighted by Gasteiger charge is -2.37. The number of hydrogen-bond acceptors (Lipinski definition) is 5. The summed E-state index contributed by atoms with van der Waals surface area (Å²) in [5.74, 6) is -0.658. The van der Waals surface area contributed by atoms with Gasteiger partial charge in [0.25, 0.3) is 5.28 Å². The summed E-state index contributed by atoms with van der Waals surface area (Å²) in [5, 5.41) is 1.32. The van der Waals surface area contributed by atoms with E-state index in [9.17, 15) is 9.59 Å². The van der Waals surface area contributed by atoms with Gasteiger partial charge in [0.05, 0.1) is 6.61 Å². The molecule has 35 heavy (non-hydrogen) atoms. The van der Waals surface area contributed by atoms with E-state index in [1.807, 2.05) is 112 Å². The van der Waals surface area contributed by atoms with E-state index in [1.54, 1.807) is 6.92 Å². The molecule has 1 aliphatic rings. The van der Waals surface area contributed by atoms with E-state index in [0.717, 1.165) is 15.9 Å². The summed E-state index contributed by atoms with van der Waals surface area (Å²) in [6.07, 6.45) is -0.217. The minimum Gasteiger partial charge on any atom is -0.466 e. The van der Waals surface area contributed by atoms with E-state index >= 15 is 0 Å². The molecular formula is C29H31NO4P+. The van der Waals surface area contributed by atoms with Crippen molar-refractivity contribution in [1.29, 1.82) is 0 Å². The highest BCUT2D eigenvalue weighted by molar-refractivity contribution is 7.97. The average Bonchev–Trinajstić information content (AvgIpc) is 3.19. The van der Waals surface area contributed by atoms with E-state index in [4.69, 9.17) is 14.5 Å². The fourth-order valence-electron chi connectivity index (χ4n) is 4.63. The smallest absolute Gasteiger partial charge is 0.381 e. The maximum atomic E-state index is 14.1. The van der Waals surface area contributed by atoms with E-state index in [2.05, 4.69) is 0 Å². The Hall–Kier alpha value is -3.30. The van der Waals surface area contributed by atoms with Gasteiger partial charge in [-0.25, -0.2) is 4.79 Å². The first kappa shape index (κ1) is 24.8. The van der Waals surface area contributed by atoms with E-state index in [0.29, 0.717) is 5.90 Å². The molecule has 4 rings (SSSR count). The van der Waals surface area contributed by atoms with Crippen molar-refractivity contribution in [2.45, 2.75) is 39.4 Å². The Morgan fingerprint density at radius 3 is 1.63 bits per heavy atom. The highest BCUT2D eigenvalue weighted by Crippen LogP contribution is 2.69. The monoisotopic (exact) mass is 488 g/mol. The fraction of sp³-hybridized carbons (Fsp3) is 0.276. The molecule has 1 heterocycles. The van der Waals surface area contributed by atoms with Gasteiger partial charge in [-0.1, -0.05) is 75.4 Å². The summed E-state index contributed by atoms with van der Waals surface area (Å²) < 4.78 is 11.3. The molecule has 0 saturated heterocycles. The normalized spacial score (nSPS) is 18.1. The number of benzene rings is 3. The van der Waals surface area contributed by atoms with Gasteiger partial charge in [0.2, 0.25) is 5.90 Å². The van der Waals surface area contributed by atoms with Crippen LogP contribution in [0, 0.1) is 5.41 Å². The molecule has 180 valence electrons. The van der Waals surface area contributed by atoms with Crippen LogP contribution >= 0.6 is 7.26 Å². The summed E-state index contributed by atoms with van der Waals surface area (Å²) in [5.41, 5.74) is -0.522. The van der Waals surface area contributed by atoms with Crippen LogP contribution in [0.15, 0.2) is 96.0 Å². The summed E-state index contributed by atoms with van der Waals surface area (Å²) in [6.45, 7) is 7.83. The average molecular weight is 489 g/mol. The SMILES string of the molecule is CCOC(=O)CC1([P+](c2ccccc2)(c2ccccc2)c2ccccc2)N=C(C(C)(C)C)OC1=O. The van der Waals surface area contributed by atoms with Crippen molar-refractivity contribution in [3.8, 4) is 0 Å². The van der Waals surface area contributed by atoms with Crippen molar-refractivity contribution in [3.63, 3.8) is 0 Å². The largest absolute Gasteiger partial charge is 0.466 e. The van der Waals surface area contributed by atoms with E-state index in [1.165, 1.54) is 0 Å². The Morgan fingerprint density at radius 1 is 0.857 bits per heavy atom. The number of rotatable bonds is 7. The molecule has 0 fully saturated rings. The van der Waals surface area contributed by atoms with Gasteiger partial charge in [0.1, 0.15) is 22.3 Å². The number of esters is 2. The second-order valence-electron chi connectivity index (χ2n) is 9.53. The lowest BCUT2D eigenvalue weighted by Crippen LogP contribution is -2.51. The predicted molar refractivity (Wildman–Crippen MR) is 142 cm³/mol. The molecular weight excluding hydrogens is 457 g/mol. The lowest BCUT2D eigenvalue weighted by atomic mass is 9.97. The maximum Gasteiger partial charge on any atom is 0.381 e. The van der Waals surface area contributed by atoms with Crippen LogP contribution in [0.1, 0.15) is 34.1 Å². The van der Waals surface area contributed by atoms with Crippen molar-refractivity contribution in [3.05, 3.63) is 91.0 Å². The Bertz CT molecular complexity index is 1120. The Morgan fingerprint density at radius 2 is 1.29 bits per heavy atom. The fourth-order valence-corrected chi connectivity index (χ4v) is 9.59. The zero-order chi connectivity index (χ0) is 25.1. The molecule has 3 aromatic carbocycles. The molecule has 0 bridgehead atoms. The van der Waals surface area contributed by atoms with Gasteiger partial charge in [-0.15, -0.1) is 0 Å². The quantitative estimate of drug-likeness (QED) is 0.359. The Kier molecular flexibility index (Phi) is 6.91. The third-order valence-corrected chi connectivity index (χ3v) is 10.9. The molecule has 0 aromatic heterocycles. The Balaban J connectivity index is 2.18. The standard InChI is InChI=1S/C29H31NO4P/c1-5-33-25(31)21-29(27(32)34-26(30-29)28(2,3)4)35(22-15-9-6-10-16-22,23-17-11-7-12-18-23)24-19-13-8-14-20-24/h6-20H,5,21H2,1-4H3/q+1. The van der Waals surface area contributed by atoms with Gasteiger partial charge in [0, 0.05) is 5.41 Å². The second-order valence-corrected chi connectivity index (χ2v) is 13.2. The molecule has 0 aliphatic carbocycles. The van der Waals surface area contributed by atoms with Crippen LogP contribution in [0.2, 0.25) is 0 Å². The number of aliphatic imine (C=N–C) groups is 1. The molecule has 0 amide bonds. The second kappa shape index (κ2) is 9.75. The predicted octanol–water partition coefficient (Wildman–Crippen LogP) is 4.63. The molecule has 0 spiro atoms. The van der Waals surface area contributed by atoms with E-state index in [-0.39, 0.29) is 13.0 Å². The van der Waals surface area contributed by atoms with Crippen LogP contribution in [-0.4, -0.2) is 29.7 Å². The van der Waals surface area contributed by atoms with Crippen molar-refractivity contribution < 1.29 is 19.1 Å². The van der Waals surface area contributed by atoms with Gasteiger partial charge >= 0.3 is 11.9 Å². The van der Waals surface area contributed by atoms with Crippen LogP contribution in [0.5, 0.6) is 0 Å². The van der Waals surface area contributed by atoms with Crippen molar-refractivity contribution >= 4 is 41.0 Å². The molecule has 1 unspecified atom stereocenters. The van der Waals surface area contributed by atoms with Crippen LogP contribution in [0.4, 0.5) is 0 Å². The first-order valence-electron chi connectivity index (χ1n) is 11.8. The zero-order valence-corrected chi connectivity index (χ0v) is 21.5. The highest BCUT2D eigenvalue weighted by atomic mass is 31.2. The molecule has 0 saturated carbocycles. The number of cyclic esters (lactones) is 1. The number of carbonyl (C=O) groups is 2. The molecule has 3 aromatic rings. The first-order valence-corrected chi connectivity index (χ1v) is 13.6. The summed E-state index contributed by atoms with van der Waals surface area (Å²) in [6, 6.07) is 29.8. The van der Waals surface area contributed by atoms with Crippen LogP contribution in [0.25, 0.3) is 0 Å². The van der Waals surface area contributed by atoms with Crippen molar-refractivity contribution in [2.24, 2.45) is 10.4 Å².